The molecule has 0 radical (unpaired) electrons. The Hall–Kier alpha value is 0.270. The van der Waals surface area contributed by atoms with Gasteiger partial charge in [0.05, 0.1) is 0 Å². The van der Waals surface area contributed by atoms with Crippen LogP contribution in [0.5, 0.6) is 0 Å². The van der Waals surface area contributed by atoms with E-state index in [1.54, 1.807) is 0 Å². The molecule has 96 valence electrons. The molecule has 1 rings (SSSR count). The van der Waals surface area contributed by atoms with Crippen LogP contribution in [0.4, 0.5) is 0 Å². The zero-order chi connectivity index (χ0) is 11.8. The molecule has 0 amide bonds. The van der Waals surface area contributed by atoms with Gasteiger partial charge in [0.2, 0.25) is 0 Å². The van der Waals surface area contributed by atoms with Gasteiger partial charge in [0, 0.05) is 36.7 Å². The molecule has 0 saturated carbocycles. The van der Waals surface area contributed by atoms with E-state index >= 15 is 0 Å². The van der Waals surface area contributed by atoms with Crippen molar-refractivity contribution >= 4 is 11.8 Å². The largest absolute Gasteiger partial charge is 0.315 e. The van der Waals surface area contributed by atoms with Gasteiger partial charge in [-0.05, 0) is 19.4 Å². The maximum Gasteiger partial charge on any atom is 0.0221 e. The van der Waals surface area contributed by atoms with Crippen molar-refractivity contribution in [1.29, 1.82) is 0 Å². The summed E-state index contributed by atoms with van der Waals surface area (Å²) in [5.74, 6) is 1.31. The Kier molecular flexibility index (Phi) is 7.50. The number of rotatable bonds is 7. The van der Waals surface area contributed by atoms with E-state index < -0.39 is 0 Å². The highest BCUT2D eigenvalue weighted by Crippen LogP contribution is 2.20. The normalized spacial score (nSPS) is 24.6. The van der Waals surface area contributed by atoms with Gasteiger partial charge in [0.1, 0.15) is 0 Å². The van der Waals surface area contributed by atoms with E-state index in [-0.39, 0.29) is 0 Å². The number of thioether (sulfide) groups is 1. The van der Waals surface area contributed by atoms with Crippen molar-refractivity contribution in [1.82, 2.24) is 10.2 Å². The highest BCUT2D eigenvalue weighted by Gasteiger charge is 2.23. The summed E-state index contributed by atoms with van der Waals surface area (Å²) in [6, 6.07) is 0.764. The van der Waals surface area contributed by atoms with Gasteiger partial charge in [-0.2, -0.15) is 11.8 Å². The number of hydrogen-bond acceptors (Lipinski definition) is 3. The monoisotopic (exact) mass is 244 g/mol. The van der Waals surface area contributed by atoms with Gasteiger partial charge in [-0.1, -0.05) is 27.2 Å². The fourth-order valence-corrected chi connectivity index (χ4v) is 3.41. The summed E-state index contributed by atoms with van der Waals surface area (Å²) < 4.78 is 0. The minimum Gasteiger partial charge on any atom is -0.315 e. The first-order valence-electron chi connectivity index (χ1n) is 6.84. The molecule has 0 aliphatic carbocycles. The molecule has 2 atom stereocenters. The first-order chi connectivity index (χ1) is 7.77. The standard InChI is InChI=1S/C13H28N2S/c1-4-6-13(10-14-7-5-2)15-8-9-16-12(3)11-15/h12-14H,4-11H2,1-3H3. The van der Waals surface area contributed by atoms with Crippen LogP contribution in [0.15, 0.2) is 0 Å². The molecule has 1 saturated heterocycles. The number of nitrogens with zero attached hydrogens (tertiary/aromatic N) is 1. The van der Waals surface area contributed by atoms with Crippen molar-refractivity contribution in [2.45, 2.75) is 51.3 Å². The lowest BCUT2D eigenvalue weighted by atomic mass is 10.1. The lowest BCUT2D eigenvalue weighted by Gasteiger charge is -2.37. The topological polar surface area (TPSA) is 15.3 Å². The van der Waals surface area contributed by atoms with Gasteiger partial charge in [0.25, 0.3) is 0 Å². The van der Waals surface area contributed by atoms with Crippen LogP contribution < -0.4 is 5.32 Å². The van der Waals surface area contributed by atoms with Gasteiger partial charge in [-0.3, -0.25) is 4.90 Å². The number of hydrogen-bond donors (Lipinski definition) is 1. The first kappa shape index (κ1) is 14.3. The molecule has 0 aromatic heterocycles. The predicted molar refractivity (Wildman–Crippen MR) is 75.3 cm³/mol. The highest BCUT2D eigenvalue weighted by molar-refractivity contribution is 7.99. The summed E-state index contributed by atoms with van der Waals surface area (Å²) in [4.78, 5) is 2.70. The van der Waals surface area contributed by atoms with Crippen LogP contribution in [0.2, 0.25) is 0 Å². The minimum absolute atomic E-state index is 0.764. The molecule has 2 nitrogen and oxygen atoms in total. The number of nitrogens with one attached hydrogen (secondary N) is 1. The molecule has 1 aliphatic heterocycles. The molecule has 0 spiro atoms. The first-order valence-corrected chi connectivity index (χ1v) is 7.89. The molecule has 0 aromatic rings. The molecule has 1 N–H and O–H groups in total. The zero-order valence-electron chi connectivity index (χ0n) is 11.2. The predicted octanol–water partition coefficient (Wildman–Crippen LogP) is 2.59. The maximum atomic E-state index is 3.58. The van der Waals surface area contributed by atoms with Gasteiger partial charge in [0.15, 0.2) is 0 Å². The van der Waals surface area contributed by atoms with Crippen molar-refractivity contribution in [3.05, 3.63) is 0 Å². The van der Waals surface area contributed by atoms with E-state index in [0.717, 1.165) is 11.3 Å². The van der Waals surface area contributed by atoms with E-state index in [2.05, 4.69) is 42.7 Å². The summed E-state index contributed by atoms with van der Waals surface area (Å²) >= 11 is 2.12. The fourth-order valence-electron chi connectivity index (χ4n) is 2.37. The maximum absolute atomic E-state index is 3.58. The van der Waals surface area contributed by atoms with E-state index in [0.29, 0.717) is 0 Å². The van der Waals surface area contributed by atoms with Gasteiger partial charge in [-0.25, -0.2) is 0 Å². The average molecular weight is 244 g/mol. The van der Waals surface area contributed by atoms with Crippen molar-refractivity contribution in [3.8, 4) is 0 Å². The fraction of sp³-hybridized carbons (Fsp3) is 1.00. The average Bonchev–Trinajstić information content (AvgIpc) is 2.28. The Morgan fingerprint density at radius 3 is 2.81 bits per heavy atom. The third-order valence-electron chi connectivity index (χ3n) is 3.22. The van der Waals surface area contributed by atoms with Crippen molar-refractivity contribution in [2.75, 3.05) is 31.9 Å². The molecule has 1 aliphatic rings. The van der Waals surface area contributed by atoms with Crippen LogP contribution in [0, 0.1) is 0 Å². The Morgan fingerprint density at radius 2 is 2.19 bits per heavy atom. The molecule has 1 fully saturated rings. The van der Waals surface area contributed by atoms with Crippen LogP contribution in [0.25, 0.3) is 0 Å². The Balaban J connectivity index is 2.34. The third-order valence-corrected chi connectivity index (χ3v) is 4.35. The van der Waals surface area contributed by atoms with Crippen molar-refractivity contribution in [2.24, 2.45) is 0 Å². The van der Waals surface area contributed by atoms with Gasteiger partial charge < -0.3 is 5.32 Å². The van der Waals surface area contributed by atoms with Crippen LogP contribution in [-0.4, -0.2) is 48.1 Å². The summed E-state index contributed by atoms with van der Waals surface area (Å²) in [5.41, 5.74) is 0. The Morgan fingerprint density at radius 1 is 1.38 bits per heavy atom. The second-order valence-electron chi connectivity index (χ2n) is 4.82. The molecule has 2 unspecified atom stereocenters. The molecule has 0 aromatic carbocycles. The van der Waals surface area contributed by atoms with E-state index in [9.17, 15) is 0 Å². The molecule has 16 heavy (non-hydrogen) atoms. The van der Waals surface area contributed by atoms with Crippen LogP contribution in [-0.2, 0) is 0 Å². The Labute approximate surface area is 106 Å². The van der Waals surface area contributed by atoms with Gasteiger partial charge >= 0.3 is 0 Å². The highest BCUT2D eigenvalue weighted by atomic mass is 32.2. The van der Waals surface area contributed by atoms with Crippen LogP contribution >= 0.6 is 11.8 Å². The summed E-state index contributed by atoms with van der Waals surface area (Å²) in [5, 5.41) is 4.40. The molecular formula is C13H28N2S. The van der Waals surface area contributed by atoms with Crippen LogP contribution in [0.3, 0.4) is 0 Å². The lowest BCUT2D eigenvalue weighted by molar-refractivity contribution is 0.189. The summed E-state index contributed by atoms with van der Waals surface area (Å²) in [7, 11) is 0. The SMILES string of the molecule is CCCNCC(CCC)N1CCSC(C)C1. The van der Waals surface area contributed by atoms with E-state index in [1.807, 2.05) is 0 Å². The summed E-state index contributed by atoms with van der Waals surface area (Å²) in [6.45, 7) is 11.8. The van der Waals surface area contributed by atoms with Crippen LogP contribution in [0.1, 0.15) is 40.0 Å². The Bertz CT molecular complexity index is 175. The van der Waals surface area contributed by atoms with Crippen molar-refractivity contribution < 1.29 is 0 Å². The molecule has 0 bridgehead atoms. The lowest BCUT2D eigenvalue weighted by Crippen LogP contribution is -2.48. The smallest absolute Gasteiger partial charge is 0.0221 e. The molecular weight excluding hydrogens is 216 g/mol. The minimum atomic E-state index is 0.764. The van der Waals surface area contributed by atoms with Gasteiger partial charge in [-0.15, -0.1) is 0 Å². The summed E-state index contributed by atoms with van der Waals surface area (Å²) in [6.07, 6.45) is 3.88. The second-order valence-corrected chi connectivity index (χ2v) is 6.37. The molecule has 1 heterocycles. The second kappa shape index (κ2) is 8.37. The molecule has 3 heteroatoms. The quantitative estimate of drug-likeness (QED) is 0.693. The van der Waals surface area contributed by atoms with E-state index in [1.165, 1.54) is 51.2 Å². The third kappa shape index (κ3) is 5.07. The van der Waals surface area contributed by atoms with Crippen molar-refractivity contribution in [3.63, 3.8) is 0 Å². The van der Waals surface area contributed by atoms with E-state index in [4.69, 9.17) is 0 Å². The zero-order valence-corrected chi connectivity index (χ0v) is 12.0.